The average molecular weight is 271 g/mol. The maximum atomic E-state index is 11.8. The Morgan fingerprint density at radius 3 is 2.79 bits per heavy atom. The average Bonchev–Trinajstić information content (AvgIpc) is 2.73. The maximum absolute atomic E-state index is 11.8. The lowest BCUT2D eigenvalue weighted by molar-refractivity contribution is 0.104. The van der Waals surface area contributed by atoms with Crippen molar-refractivity contribution in [3.8, 4) is 0 Å². The standard InChI is InChI=1S/C10H7BrO2S/c1-6-2-3-8(14-6)10(12)7-4-9(11)13-5-7/h2-5H,1H3. The molecule has 0 aliphatic heterocycles. The topological polar surface area (TPSA) is 30.2 Å². The molecule has 0 unspecified atom stereocenters. The Kier molecular flexibility index (Phi) is 2.56. The molecule has 2 aromatic heterocycles. The third-order valence-electron chi connectivity index (χ3n) is 1.79. The Morgan fingerprint density at radius 1 is 1.50 bits per heavy atom. The molecule has 2 heterocycles. The lowest BCUT2D eigenvalue weighted by atomic mass is 10.2. The highest BCUT2D eigenvalue weighted by atomic mass is 79.9. The molecule has 0 N–H and O–H groups in total. The van der Waals surface area contributed by atoms with Gasteiger partial charge in [0.25, 0.3) is 0 Å². The number of ketones is 1. The first-order chi connectivity index (χ1) is 6.66. The highest BCUT2D eigenvalue weighted by Gasteiger charge is 2.13. The summed E-state index contributed by atoms with van der Waals surface area (Å²) >= 11 is 4.66. The van der Waals surface area contributed by atoms with Gasteiger partial charge in [-0.25, -0.2) is 0 Å². The number of hydrogen-bond donors (Lipinski definition) is 0. The summed E-state index contributed by atoms with van der Waals surface area (Å²) in [7, 11) is 0. The minimum Gasteiger partial charge on any atom is -0.457 e. The Bertz CT molecular complexity index is 428. The Morgan fingerprint density at radius 2 is 2.29 bits per heavy atom. The van der Waals surface area contributed by atoms with Gasteiger partial charge in [-0.3, -0.25) is 4.79 Å². The third kappa shape index (κ3) is 1.81. The zero-order chi connectivity index (χ0) is 10.1. The predicted molar refractivity (Wildman–Crippen MR) is 58.9 cm³/mol. The van der Waals surface area contributed by atoms with Crippen molar-refractivity contribution in [1.29, 1.82) is 0 Å². The van der Waals surface area contributed by atoms with E-state index in [1.807, 2.05) is 19.1 Å². The van der Waals surface area contributed by atoms with Gasteiger partial charge >= 0.3 is 0 Å². The summed E-state index contributed by atoms with van der Waals surface area (Å²) in [6.45, 7) is 1.98. The number of thiophene rings is 1. The molecule has 72 valence electrons. The second kappa shape index (κ2) is 3.71. The summed E-state index contributed by atoms with van der Waals surface area (Å²) in [5.74, 6) is 0.0116. The van der Waals surface area contributed by atoms with Crippen LogP contribution in [-0.4, -0.2) is 5.78 Å². The van der Waals surface area contributed by atoms with Gasteiger partial charge in [0.2, 0.25) is 5.78 Å². The van der Waals surface area contributed by atoms with Crippen molar-refractivity contribution in [3.63, 3.8) is 0 Å². The fraction of sp³-hybridized carbons (Fsp3) is 0.100. The van der Waals surface area contributed by atoms with Crippen LogP contribution >= 0.6 is 27.3 Å². The molecule has 0 spiro atoms. The molecule has 0 radical (unpaired) electrons. The van der Waals surface area contributed by atoms with Gasteiger partial charge in [-0.05, 0) is 35.0 Å². The fourth-order valence-electron chi connectivity index (χ4n) is 1.13. The number of rotatable bonds is 2. The van der Waals surface area contributed by atoms with Crippen LogP contribution in [0.15, 0.2) is 33.5 Å². The lowest BCUT2D eigenvalue weighted by Gasteiger charge is -1.89. The molecule has 14 heavy (non-hydrogen) atoms. The normalized spacial score (nSPS) is 10.4. The van der Waals surface area contributed by atoms with Crippen LogP contribution in [0.3, 0.4) is 0 Å². The summed E-state index contributed by atoms with van der Waals surface area (Å²) in [6.07, 6.45) is 1.46. The number of furan rings is 1. The van der Waals surface area contributed by atoms with Crippen molar-refractivity contribution in [2.45, 2.75) is 6.92 Å². The Balaban J connectivity index is 2.33. The van der Waals surface area contributed by atoms with Crippen LogP contribution in [0.2, 0.25) is 0 Å². The van der Waals surface area contributed by atoms with Crippen LogP contribution in [0.4, 0.5) is 0 Å². The number of carbonyl (C=O) groups excluding carboxylic acids is 1. The molecule has 2 rings (SSSR count). The van der Waals surface area contributed by atoms with Crippen LogP contribution in [0.1, 0.15) is 20.1 Å². The molecule has 0 aliphatic carbocycles. The van der Waals surface area contributed by atoms with Crippen LogP contribution < -0.4 is 0 Å². The first-order valence-corrected chi connectivity index (χ1v) is 5.63. The summed E-state index contributed by atoms with van der Waals surface area (Å²) in [6, 6.07) is 5.45. The van der Waals surface area contributed by atoms with E-state index in [0.29, 0.717) is 10.2 Å². The molecule has 0 amide bonds. The maximum Gasteiger partial charge on any atom is 0.206 e. The minimum atomic E-state index is 0.0116. The molecule has 2 nitrogen and oxygen atoms in total. The van der Waals surface area contributed by atoms with Crippen LogP contribution in [0, 0.1) is 6.92 Å². The van der Waals surface area contributed by atoms with E-state index in [1.54, 1.807) is 6.07 Å². The Labute approximate surface area is 93.7 Å². The van der Waals surface area contributed by atoms with Gasteiger partial charge in [0, 0.05) is 10.9 Å². The molecule has 4 heteroatoms. The summed E-state index contributed by atoms with van der Waals surface area (Å²) in [5, 5.41) is 0. The van der Waals surface area contributed by atoms with Gasteiger partial charge in [0.05, 0.1) is 10.4 Å². The van der Waals surface area contributed by atoms with E-state index in [0.717, 1.165) is 9.75 Å². The van der Waals surface area contributed by atoms with E-state index in [2.05, 4.69) is 15.9 Å². The Hall–Kier alpha value is -0.870. The van der Waals surface area contributed by atoms with Gasteiger partial charge in [-0.1, -0.05) is 0 Å². The zero-order valence-electron chi connectivity index (χ0n) is 7.41. The molecular formula is C10H7BrO2S. The third-order valence-corrected chi connectivity index (χ3v) is 3.21. The first kappa shape index (κ1) is 9.68. The molecule has 0 atom stereocenters. The summed E-state index contributed by atoms with van der Waals surface area (Å²) in [4.78, 5) is 13.7. The molecule has 0 saturated heterocycles. The quantitative estimate of drug-likeness (QED) is 0.780. The summed E-state index contributed by atoms with van der Waals surface area (Å²) < 4.78 is 5.59. The molecule has 2 aromatic rings. The SMILES string of the molecule is Cc1ccc(C(=O)c2coc(Br)c2)s1. The van der Waals surface area contributed by atoms with E-state index in [9.17, 15) is 4.79 Å². The van der Waals surface area contributed by atoms with Crippen LogP contribution in [-0.2, 0) is 0 Å². The molecule has 0 aromatic carbocycles. The number of hydrogen-bond acceptors (Lipinski definition) is 3. The molecule has 0 aliphatic rings. The van der Waals surface area contributed by atoms with E-state index < -0.39 is 0 Å². The van der Waals surface area contributed by atoms with E-state index >= 15 is 0 Å². The van der Waals surface area contributed by atoms with Crippen molar-refractivity contribution < 1.29 is 9.21 Å². The van der Waals surface area contributed by atoms with Gasteiger partial charge in [0.15, 0.2) is 4.67 Å². The zero-order valence-corrected chi connectivity index (χ0v) is 9.81. The van der Waals surface area contributed by atoms with Crippen molar-refractivity contribution in [3.05, 3.63) is 44.4 Å². The van der Waals surface area contributed by atoms with Crippen LogP contribution in [0.25, 0.3) is 0 Å². The van der Waals surface area contributed by atoms with Gasteiger partial charge in [0.1, 0.15) is 6.26 Å². The van der Waals surface area contributed by atoms with Gasteiger partial charge in [-0.15, -0.1) is 11.3 Å². The van der Waals surface area contributed by atoms with E-state index in [1.165, 1.54) is 17.6 Å². The fourth-order valence-corrected chi connectivity index (χ4v) is 2.30. The molecule has 0 bridgehead atoms. The van der Waals surface area contributed by atoms with Crippen LogP contribution in [0.5, 0.6) is 0 Å². The number of aryl methyl sites for hydroxylation is 1. The van der Waals surface area contributed by atoms with E-state index in [4.69, 9.17) is 4.42 Å². The van der Waals surface area contributed by atoms with Crippen molar-refractivity contribution in [2.24, 2.45) is 0 Å². The largest absolute Gasteiger partial charge is 0.457 e. The van der Waals surface area contributed by atoms with E-state index in [-0.39, 0.29) is 5.78 Å². The second-order valence-electron chi connectivity index (χ2n) is 2.88. The van der Waals surface area contributed by atoms with Crippen molar-refractivity contribution in [2.75, 3.05) is 0 Å². The predicted octanol–water partition coefficient (Wildman–Crippen LogP) is 3.64. The minimum absolute atomic E-state index is 0.0116. The van der Waals surface area contributed by atoms with Gasteiger partial charge < -0.3 is 4.42 Å². The lowest BCUT2D eigenvalue weighted by Crippen LogP contribution is -1.95. The van der Waals surface area contributed by atoms with Gasteiger partial charge in [-0.2, -0.15) is 0 Å². The molecule has 0 fully saturated rings. The van der Waals surface area contributed by atoms with Crippen molar-refractivity contribution >= 4 is 33.0 Å². The smallest absolute Gasteiger partial charge is 0.206 e. The second-order valence-corrected chi connectivity index (χ2v) is 4.95. The molecular weight excluding hydrogens is 264 g/mol. The number of carbonyl (C=O) groups is 1. The highest BCUT2D eigenvalue weighted by molar-refractivity contribution is 9.10. The summed E-state index contributed by atoms with van der Waals surface area (Å²) in [5.41, 5.74) is 0.582. The number of halogens is 1. The monoisotopic (exact) mass is 270 g/mol. The van der Waals surface area contributed by atoms with Crippen molar-refractivity contribution in [1.82, 2.24) is 0 Å². The first-order valence-electron chi connectivity index (χ1n) is 4.02. The highest BCUT2D eigenvalue weighted by Crippen LogP contribution is 2.22. The molecule has 0 saturated carbocycles.